The van der Waals surface area contributed by atoms with Gasteiger partial charge in [-0.1, -0.05) is 188 Å². The van der Waals surface area contributed by atoms with Gasteiger partial charge in [0.1, 0.15) is 11.5 Å². The van der Waals surface area contributed by atoms with E-state index in [0.717, 1.165) is 66.8 Å². The summed E-state index contributed by atoms with van der Waals surface area (Å²) in [7, 11) is 0. The van der Waals surface area contributed by atoms with Gasteiger partial charge >= 0.3 is 0 Å². The van der Waals surface area contributed by atoms with Crippen LogP contribution in [0, 0.1) is 11.8 Å². The number of ketones is 2. The summed E-state index contributed by atoms with van der Waals surface area (Å²) in [6, 6.07) is 73.4. The Morgan fingerprint density at radius 2 is 0.635 bits per heavy atom. The van der Waals surface area contributed by atoms with E-state index in [2.05, 4.69) is 24.0 Å². The van der Waals surface area contributed by atoms with Crippen molar-refractivity contribution in [3.63, 3.8) is 0 Å². The number of rotatable bonds is 9. The first-order valence-electron chi connectivity index (χ1n) is 20.9. The van der Waals surface area contributed by atoms with E-state index in [1.54, 1.807) is 0 Å². The van der Waals surface area contributed by atoms with Crippen LogP contribution in [0.5, 0.6) is 11.5 Å². The number of hydrogen-bond acceptors (Lipinski definition) is 3. The molecule has 0 fully saturated rings. The molecule has 8 aromatic carbocycles. The van der Waals surface area contributed by atoms with Crippen molar-refractivity contribution in [2.45, 2.75) is 0 Å². The fourth-order valence-electron chi connectivity index (χ4n) is 8.34. The molecule has 296 valence electrons. The second kappa shape index (κ2) is 17.2. The predicted molar refractivity (Wildman–Crippen MR) is 256 cm³/mol. The molecular formula is C60H38O3. The van der Waals surface area contributed by atoms with Crippen molar-refractivity contribution < 1.29 is 14.3 Å². The minimum Gasteiger partial charge on any atom is -0.457 e. The Kier molecular flexibility index (Phi) is 10.5. The number of benzene rings is 8. The van der Waals surface area contributed by atoms with E-state index in [0.29, 0.717) is 33.8 Å². The molecule has 0 radical (unpaired) electrons. The van der Waals surface area contributed by atoms with E-state index in [9.17, 15) is 9.59 Å². The smallest absolute Gasteiger partial charge is 0.195 e. The van der Waals surface area contributed by atoms with Gasteiger partial charge in [0, 0.05) is 44.6 Å². The molecular weight excluding hydrogens is 769 g/mol. The highest BCUT2D eigenvalue weighted by Gasteiger charge is 2.35. The molecule has 0 saturated carbocycles. The van der Waals surface area contributed by atoms with Crippen molar-refractivity contribution in [1.82, 2.24) is 0 Å². The lowest BCUT2D eigenvalue weighted by molar-refractivity contribution is -0.109. The number of Topliss-reactive ketones (excluding diaryl/α,β-unsaturated/α-hetero) is 2. The largest absolute Gasteiger partial charge is 0.457 e. The molecule has 0 heterocycles. The van der Waals surface area contributed by atoms with E-state index >= 15 is 0 Å². The zero-order valence-electron chi connectivity index (χ0n) is 34.2. The zero-order chi connectivity index (χ0) is 42.5. The normalized spacial score (nSPS) is 13.6. The van der Waals surface area contributed by atoms with Gasteiger partial charge < -0.3 is 4.74 Å². The Morgan fingerprint density at radius 3 is 1.10 bits per heavy atom. The SMILES string of the molecule is O=C1C(c2ccccc2)=CC(c2ccc(Oc3ccc(C4=C(c5ccccc5)C(=O)C(c5ccccc5)=C4c4ccc(C#Cc5ccccc5)cc4)cc3)cc2)=C1c1ccccc1. The second-order valence-electron chi connectivity index (χ2n) is 15.3. The molecule has 10 rings (SSSR count). The van der Waals surface area contributed by atoms with Crippen LogP contribution in [-0.4, -0.2) is 11.6 Å². The van der Waals surface area contributed by atoms with Crippen LogP contribution in [0.1, 0.15) is 50.1 Å². The summed E-state index contributed by atoms with van der Waals surface area (Å²) in [4.78, 5) is 28.8. The van der Waals surface area contributed by atoms with Crippen molar-refractivity contribution in [2.75, 3.05) is 0 Å². The number of carbonyl (C=O) groups excluding carboxylic acids is 2. The minimum absolute atomic E-state index is 0.0105. The van der Waals surface area contributed by atoms with Crippen molar-refractivity contribution in [2.24, 2.45) is 0 Å². The first-order chi connectivity index (χ1) is 31.1. The van der Waals surface area contributed by atoms with E-state index in [1.165, 1.54) is 0 Å². The van der Waals surface area contributed by atoms with Crippen LogP contribution in [-0.2, 0) is 9.59 Å². The predicted octanol–water partition coefficient (Wildman–Crippen LogP) is 13.6. The van der Waals surface area contributed by atoms with Gasteiger partial charge in [-0.15, -0.1) is 0 Å². The highest BCUT2D eigenvalue weighted by atomic mass is 16.5. The van der Waals surface area contributed by atoms with E-state index < -0.39 is 0 Å². The molecule has 0 aromatic heterocycles. The Morgan fingerprint density at radius 1 is 0.286 bits per heavy atom. The molecule has 0 saturated heterocycles. The molecule has 0 bridgehead atoms. The number of ether oxygens (including phenoxy) is 1. The van der Waals surface area contributed by atoms with E-state index in [4.69, 9.17) is 4.74 Å². The van der Waals surface area contributed by atoms with Crippen molar-refractivity contribution in [3.05, 3.63) is 281 Å². The molecule has 3 nitrogen and oxygen atoms in total. The molecule has 2 aliphatic rings. The van der Waals surface area contributed by atoms with Gasteiger partial charge in [0.2, 0.25) is 0 Å². The molecule has 2 aliphatic carbocycles. The van der Waals surface area contributed by atoms with Crippen LogP contribution >= 0.6 is 0 Å². The summed E-state index contributed by atoms with van der Waals surface area (Å²) >= 11 is 0. The quantitative estimate of drug-likeness (QED) is 0.136. The molecule has 0 spiro atoms. The maximum atomic E-state index is 14.9. The minimum atomic E-state index is -0.0222. The lowest BCUT2D eigenvalue weighted by atomic mass is 9.89. The van der Waals surface area contributed by atoms with Crippen LogP contribution in [0.15, 0.2) is 231 Å². The number of allylic oxidation sites excluding steroid dienone is 8. The Labute approximate surface area is 367 Å². The third-order valence-corrected chi connectivity index (χ3v) is 11.3. The Balaban J connectivity index is 0.995. The summed E-state index contributed by atoms with van der Waals surface area (Å²) < 4.78 is 6.43. The average molecular weight is 807 g/mol. The highest BCUT2D eigenvalue weighted by molar-refractivity contribution is 6.59. The molecule has 0 N–H and O–H groups in total. The van der Waals surface area contributed by atoms with Crippen LogP contribution in [0.4, 0.5) is 0 Å². The van der Waals surface area contributed by atoms with Crippen molar-refractivity contribution >= 4 is 50.6 Å². The van der Waals surface area contributed by atoms with Crippen LogP contribution in [0.3, 0.4) is 0 Å². The topological polar surface area (TPSA) is 43.4 Å². The molecule has 3 heteroatoms. The lowest BCUT2D eigenvalue weighted by Crippen LogP contribution is -2.01. The number of hydrogen-bond donors (Lipinski definition) is 0. The van der Waals surface area contributed by atoms with Gasteiger partial charge in [0.05, 0.1) is 0 Å². The van der Waals surface area contributed by atoms with Gasteiger partial charge in [0.15, 0.2) is 11.6 Å². The van der Waals surface area contributed by atoms with Gasteiger partial charge in [-0.3, -0.25) is 9.59 Å². The van der Waals surface area contributed by atoms with Gasteiger partial charge in [0.25, 0.3) is 0 Å². The number of carbonyl (C=O) groups is 2. The van der Waals surface area contributed by atoms with Crippen molar-refractivity contribution in [3.8, 4) is 23.3 Å². The third kappa shape index (κ3) is 7.82. The fraction of sp³-hybridized carbons (Fsp3) is 0. The highest BCUT2D eigenvalue weighted by Crippen LogP contribution is 2.50. The Bertz CT molecular complexity index is 3180. The monoisotopic (exact) mass is 806 g/mol. The first kappa shape index (κ1) is 38.6. The van der Waals surface area contributed by atoms with E-state index in [1.807, 2.05) is 218 Å². The molecule has 0 atom stereocenters. The van der Waals surface area contributed by atoms with Crippen LogP contribution < -0.4 is 4.74 Å². The lowest BCUT2D eigenvalue weighted by Gasteiger charge is -2.15. The van der Waals surface area contributed by atoms with Gasteiger partial charge in [-0.25, -0.2) is 0 Å². The van der Waals surface area contributed by atoms with Gasteiger partial charge in [-0.2, -0.15) is 0 Å². The van der Waals surface area contributed by atoms with Crippen LogP contribution in [0.25, 0.3) is 39.0 Å². The average Bonchev–Trinajstić information content (AvgIpc) is 3.86. The third-order valence-electron chi connectivity index (χ3n) is 11.3. The standard InChI is InChI=1S/C60H38O3/c61-59-53(43-18-8-2-9-19-43)40-52(54(59)45-20-10-3-11-21-45)44-32-36-50(37-33-44)63-51-38-34-49(35-39-51)56-55(48-30-28-42(29-31-48)27-26-41-16-6-1-7-17-41)57(46-22-12-4-13-23-46)60(62)58(56)47-24-14-5-15-25-47/h1-25,28-40H. The van der Waals surface area contributed by atoms with Crippen molar-refractivity contribution in [1.29, 1.82) is 0 Å². The summed E-state index contributed by atoms with van der Waals surface area (Å²) in [5.74, 6) is 7.85. The zero-order valence-corrected chi connectivity index (χ0v) is 34.2. The van der Waals surface area contributed by atoms with Gasteiger partial charge in [-0.05, 0) is 99.1 Å². The molecule has 8 aromatic rings. The second-order valence-corrected chi connectivity index (χ2v) is 15.3. The maximum absolute atomic E-state index is 14.9. The Hall–Kier alpha value is -8.58. The first-order valence-corrected chi connectivity index (χ1v) is 20.9. The molecule has 0 amide bonds. The van der Waals surface area contributed by atoms with Crippen LogP contribution in [0.2, 0.25) is 0 Å². The summed E-state index contributed by atoms with van der Waals surface area (Å²) in [5.41, 5.74) is 13.4. The fourth-order valence-corrected chi connectivity index (χ4v) is 8.34. The maximum Gasteiger partial charge on any atom is 0.195 e. The summed E-state index contributed by atoms with van der Waals surface area (Å²) in [5, 5.41) is 0. The summed E-state index contributed by atoms with van der Waals surface area (Å²) in [6.07, 6.45) is 2.00. The molecule has 0 aliphatic heterocycles. The molecule has 0 unspecified atom stereocenters. The molecule has 63 heavy (non-hydrogen) atoms. The van der Waals surface area contributed by atoms with E-state index in [-0.39, 0.29) is 11.6 Å². The summed E-state index contributed by atoms with van der Waals surface area (Å²) in [6.45, 7) is 0.